The predicted octanol–water partition coefficient (Wildman–Crippen LogP) is 0.582. The summed E-state index contributed by atoms with van der Waals surface area (Å²) < 4.78 is 10.3. The van der Waals surface area contributed by atoms with Gasteiger partial charge in [-0.05, 0) is 12.8 Å². The Morgan fingerprint density at radius 1 is 1.62 bits per heavy atom. The fraction of sp³-hybridized carbons (Fsp3) is 0.900. The number of aliphatic imine (C=N–C) groups is 1. The summed E-state index contributed by atoms with van der Waals surface area (Å²) in [5.41, 5.74) is 5.67. The second-order valence-corrected chi connectivity index (χ2v) is 3.73. The Morgan fingerprint density at radius 3 is 3.06 bits per heavy atom. The first-order valence-corrected chi connectivity index (χ1v) is 5.43. The molecule has 0 aromatic rings. The van der Waals surface area contributed by atoms with E-state index in [1.54, 1.807) is 7.11 Å². The fourth-order valence-electron chi connectivity index (χ4n) is 1.52. The Bertz CT molecular complexity index is 197. The van der Waals surface area contributed by atoms with Gasteiger partial charge in [-0.3, -0.25) is 4.99 Å². The molecule has 96 valence electrons. The standard InChI is InChI=1S/C10H21N3O2.HI/c1-14-6-4-12-10(11)13-7-9-3-2-5-15-8-9;/h9H,2-8H2,1H3,(H3,11,12,13);1H. The molecular weight excluding hydrogens is 321 g/mol. The molecular formula is C10H22IN3O2. The van der Waals surface area contributed by atoms with Gasteiger partial charge in [0.1, 0.15) is 0 Å². The van der Waals surface area contributed by atoms with E-state index in [1.165, 1.54) is 6.42 Å². The van der Waals surface area contributed by atoms with Gasteiger partial charge in [-0.15, -0.1) is 24.0 Å². The molecule has 3 N–H and O–H groups in total. The average Bonchev–Trinajstić information content (AvgIpc) is 2.28. The van der Waals surface area contributed by atoms with Crippen molar-refractivity contribution in [2.24, 2.45) is 16.6 Å². The third-order valence-electron chi connectivity index (χ3n) is 2.39. The van der Waals surface area contributed by atoms with Crippen LogP contribution in [-0.2, 0) is 9.47 Å². The smallest absolute Gasteiger partial charge is 0.188 e. The van der Waals surface area contributed by atoms with Gasteiger partial charge in [0.05, 0.1) is 13.2 Å². The number of methoxy groups -OCH3 is 1. The van der Waals surface area contributed by atoms with E-state index < -0.39 is 0 Å². The number of guanidine groups is 1. The van der Waals surface area contributed by atoms with Crippen molar-refractivity contribution in [2.75, 3.05) is 40.0 Å². The van der Waals surface area contributed by atoms with E-state index in [0.29, 0.717) is 25.0 Å². The van der Waals surface area contributed by atoms with E-state index in [2.05, 4.69) is 10.3 Å². The minimum atomic E-state index is 0. The van der Waals surface area contributed by atoms with Gasteiger partial charge >= 0.3 is 0 Å². The average molecular weight is 343 g/mol. The number of halogens is 1. The Hall–Kier alpha value is -0.0800. The lowest BCUT2D eigenvalue weighted by atomic mass is 10.0. The fourth-order valence-corrected chi connectivity index (χ4v) is 1.52. The van der Waals surface area contributed by atoms with E-state index in [1.807, 2.05) is 0 Å². The van der Waals surface area contributed by atoms with Crippen LogP contribution < -0.4 is 11.1 Å². The van der Waals surface area contributed by atoms with Gasteiger partial charge in [0, 0.05) is 32.7 Å². The molecule has 1 saturated heterocycles. The Morgan fingerprint density at radius 2 is 2.44 bits per heavy atom. The van der Waals surface area contributed by atoms with Crippen molar-refractivity contribution in [1.29, 1.82) is 0 Å². The molecule has 6 heteroatoms. The molecule has 1 aliphatic rings. The largest absolute Gasteiger partial charge is 0.383 e. The predicted molar refractivity (Wildman–Crippen MR) is 75.3 cm³/mol. The van der Waals surface area contributed by atoms with Gasteiger partial charge in [-0.1, -0.05) is 0 Å². The number of nitrogens with two attached hydrogens (primary N) is 1. The molecule has 0 aromatic heterocycles. The molecule has 1 fully saturated rings. The summed E-state index contributed by atoms with van der Waals surface area (Å²) in [5, 5.41) is 2.99. The lowest BCUT2D eigenvalue weighted by molar-refractivity contribution is 0.0582. The Labute approximate surface area is 114 Å². The van der Waals surface area contributed by atoms with E-state index in [-0.39, 0.29) is 24.0 Å². The van der Waals surface area contributed by atoms with Crippen molar-refractivity contribution in [2.45, 2.75) is 12.8 Å². The third-order valence-corrected chi connectivity index (χ3v) is 2.39. The first-order chi connectivity index (χ1) is 7.33. The zero-order valence-corrected chi connectivity index (χ0v) is 12.1. The quantitative estimate of drug-likeness (QED) is 0.332. The summed E-state index contributed by atoms with van der Waals surface area (Å²) in [7, 11) is 1.66. The second kappa shape index (κ2) is 10.1. The van der Waals surface area contributed by atoms with Crippen LogP contribution in [0.15, 0.2) is 4.99 Å². The van der Waals surface area contributed by atoms with Gasteiger partial charge in [0.2, 0.25) is 0 Å². The molecule has 0 aromatic carbocycles. The van der Waals surface area contributed by atoms with Crippen molar-refractivity contribution in [3.05, 3.63) is 0 Å². The maximum absolute atomic E-state index is 5.67. The molecule has 0 aliphatic carbocycles. The molecule has 0 amide bonds. The van der Waals surface area contributed by atoms with E-state index in [4.69, 9.17) is 15.2 Å². The first kappa shape index (κ1) is 15.9. The van der Waals surface area contributed by atoms with Gasteiger partial charge < -0.3 is 20.5 Å². The minimum Gasteiger partial charge on any atom is -0.383 e. The molecule has 1 rings (SSSR count). The van der Waals surface area contributed by atoms with Crippen LogP contribution in [0, 0.1) is 5.92 Å². The molecule has 1 heterocycles. The number of rotatable bonds is 5. The molecule has 16 heavy (non-hydrogen) atoms. The maximum Gasteiger partial charge on any atom is 0.188 e. The minimum absolute atomic E-state index is 0. The summed E-state index contributed by atoms with van der Waals surface area (Å²) in [4.78, 5) is 4.27. The highest BCUT2D eigenvalue weighted by atomic mass is 127. The van der Waals surface area contributed by atoms with Crippen molar-refractivity contribution in [3.8, 4) is 0 Å². The van der Waals surface area contributed by atoms with Crippen LogP contribution in [0.1, 0.15) is 12.8 Å². The van der Waals surface area contributed by atoms with E-state index in [9.17, 15) is 0 Å². The lowest BCUT2D eigenvalue weighted by Crippen LogP contribution is -2.35. The summed E-state index contributed by atoms with van der Waals surface area (Å²) in [5.74, 6) is 1.03. The van der Waals surface area contributed by atoms with Gasteiger partial charge in [0.25, 0.3) is 0 Å². The Kier molecular flexibility index (Phi) is 10.0. The highest BCUT2D eigenvalue weighted by Gasteiger charge is 2.12. The SMILES string of the molecule is COCCNC(N)=NCC1CCCOC1.I. The molecule has 1 atom stereocenters. The van der Waals surface area contributed by atoms with Crippen molar-refractivity contribution < 1.29 is 9.47 Å². The molecule has 1 aliphatic heterocycles. The van der Waals surface area contributed by atoms with E-state index in [0.717, 1.165) is 26.2 Å². The highest BCUT2D eigenvalue weighted by Crippen LogP contribution is 2.13. The summed E-state index contributed by atoms with van der Waals surface area (Å²) in [6.45, 7) is 3.80. The van der Waals surface area contributed by atoms with Crippen LogP contribution in [0.4, 0.5) is 0 Å². The molecule has 0 radical (unpaired) electrons. The van der Waals surface area contributed by atoms with Crippen LogP contribution in [0.3, 0.4) is 0 Å². The van der Waals surface area contributed by atoms with Crippen molar-refractivity contribution in [3.63, 3.8) is 0 Å². The number of nitrogens with zero attached hydrogens (tertiary/aromatic N) is 1. The van der Waals surface area contributed by atoms with Crippen LogP contribution in [0.5, 0.6) is 0 Å². The second-order valence-electron chi connectivity index (χ2n) is 3.73. The van der Waals surface area contributed by atoms with Gasteiger partial charge in [0.15, 0.2) is 5.96 Å². The number of hydrogen-bond acceptors (Lipinski definition) is 3. The van der Waals surface area contributed by atoms with Gasteiger partial charge in [-0.25, -0.2) is 0 Å². The molecule has 0 bridgehead atoms. The summed E-state index contributed by atoms with van der Waals surface area (Å²) >= 11 is 0. The first-order valence-electron chi connectivity index (χ1n) is 5.43. The number of ether oxygens (including phenoxy) is 2. The molecule has 1 unspecified atom stereocenters. The monoisotopic (exact) mass is 343 g/mol. The topological polar surface area (TPSA) is 68.9 Å². The Balaban J connectivity index is 0.00000225. The normalized spacial score (nSPS) is 21.3. The number of hydrogen-bond donors (Lipinski definition) is 2. The zero-order valence-electron chi connectivity index (χ0n) is 9.78. The molecule has 0 spiro atoms. The summed E-state index contributed by atoms with van der Waals surface area (Å²) in [6, 6.07) is 0. The van der Waals surface area contributed by atoms with Crippen LogP contribution in [0.25, 0.3) is 0 Å². The van der Waals surface area contributed by atoms with Crippen LogP contribution in [-0.4, -0.2) is 46.0 Å². The zero-order chi connectivity index (χ0) is 10.9. The molecule has 0 saturated carbocycles. The van der Waals surface area contributed by atoms with Crippen LogP contribution in [0.2, 0.25) is 0 Å². The maximum atomic E-state index is 5.67. The highest BCUT2D eigenvalue weighted by molar-refractivity contribution is 14.0. The van der Waals surface area contributed by atoms with E-state index >= 15 is 0 Å². The van der Waals surface area contributed by atoms with Crippen molar-refractivity contribution >= 4 is 29.9 Å². The van der Waals surface area contributed by atoms with Gasteiger partial charge in [-0.2, -0.15) is 0 Å². The lowest BCUT2D eigenvalue weighted by Gasteiger charge is -2.20. The summed E-state index contributed by atoms with van der Waals surface area (Å²) in [6.07, 6.45) is 2.33. The van der Waals surface area contributed by atoms with Crippen LogP contribution >= 0.6 is 24.0 Å². The van der Waals surface area contributed by atoms with Crippen molar-refractivity contribution in [1.82, 2.24) is 5.32 Å². The molecule has 5 nitrogen and oxygen atoms in total. The third kappa shape index (κ3) is 7.24. The number of nitrogens with one attached hydrogen (secondary N) is 1.